The fourth-order valence-corrected chi connectivity index (χ4v) is 1.15. The molecule has 1 unspecified atom stereocenters. The van der Waals surface area contributed by atoms with Crippen molar-refractivity contribution in [1.82, 2.24) is 5.32 Å². The molecule has 0 spiro atoms. The topological polar surface area (TPSA) is 54.6 Å². The molecule has 1 heterocycles. The van der Waals surface area contributed by atoms with Gasteiger partial charge in [-0.25, -0.2) is 0 Å². The van der Waals surface area contributed by atoms with E-state index < -0.39 is 6.10 Å². The van der Waals surface area contributed by atoms with Crippen molar-refractivity contribution in [2.75, 3.05) is 26.8 Å². The highest BCUT2D eigenvalue weighted by Crippen LogP contribution is 2.01. The summed E-state index contributed by atoms with van der Waals surface area (Å²) in [4.78, 5) is 0. The summed E-state index contributed by atoms with van der Waals surface area (Å²) in [6.07, 6.45) is 5.01. The molecule has 2 N–H and O–H groups in total. The molecule has 0 aliphatic heterocycles. The maximum atomic E-state index is 9.30. The van der Waals surface area contributed by atoms with Gasteiger partial charge in [0.05, 0.1) is 19.0 Å². The van der Waals surface area contributed by atoms with Crippen LogP contribution < -0.4 is 5.32 Å². The van der Waals surface area contributed by atoms with Gasteiger partial charge in [0.25, 0.3) is 0 Å². The van der Waals surface area contributed by atoms with Crippen LogP contribution in [0, 0.1) is 0 Å². The fraction of sp³-hybridized carbons (Fsp3) is 0.455. The van der Waals surface area contributed by atoms with Crippen LogP contribution in [0.2, 0.25) is 0 Å². The predicted octanol–water partition coefficient (Wildman–Crippen LogP) is 0.890. The average molecular weight is 211 g/mol. The summed E-state index contributed by atoms with van der Waals surface area (Å²) in [5.74, 6) is 0.828. The van der Waals surface area contributed by atoms with E-state index in [1.807, 2.05) is 24.3 Å². The molecule has 0 radical (unpaired) electrons. The summed E-state index contributed by atoms with van der Waals surface area (Å²) >= 11 is 0. The lowest BCUT2D eigenvalue weighted by atomic mass is 10.3. The van der Waals surface area contributed by atoms with E-state index in [9.17, 15) is 5.11 Å². The van der Waals surface area contributed by atoms with Gasteiger partial charge in [0.15, 0.2) is 0 Å². The monoisotopic (exact) mass is 211 g/mol. The molecular formula is C11H17NO3. The standard InChI is InChI=1S/C11H17NO3/c1-14-9-10(13)8-12-6-2-4-11-5-3-7-15-11/h2-5,7,10,12-13H,6,8-9H2,1H3/b4-2+. The van der Waals surface area contributed by atoms with Gasteiger partial charge >= 0.3 is 0 Å². The minimum atomic E-state index is -0.452. The number of hydrogen-bond acceptors (Lipinski definition) is 4. The highest BCUT2D eigenvalue weighted by Gasteiger charge is 2.00. The number of methoxy groups -OCH3 is 1. The Labute approximate surface area is 89.5 Å². The number of rotatable bonds is 7. The number of aliphatic hydroxyl groups is 1. The number of nitrogens with one attached hydrogen (secondary N) is 1. The second-order valence-corrected chi connectivity index (χ2v) is 3.19. The Bertz CT molecular complexity index is 269. The van der Waals surface area contributed by atoms with Gasteiger partial charge in [-0.05, 0) is 18.2 Å². The van der Waals surface area contributed by atoms with Gasteiger partial charge < -0.3 is 19.6 Å². The van der Waals surface area contributed by atoms with Crippen molar-refractivity contribution < 1.29 is 14.3 Å². The lowest BCUT2D eigenvalue weighted by Crippen LogP contribution is -2.30. The van der Waals surface area contributed by atoms with Crippen LogP contribution in [0.15, 0.2) is 28.9 Å². The zero-order valence-electron chi connectivity index (χ0n) is 8.85. The lowest BCUT2D eigenvalue weighted by Gasteiger charge is -2.08. The van der Waals surface area contributed by atoms with Crippen LogP contribution in [0.1, 0.15) is 5.76 Å². The quantitative estimate of drug-likeness (QED) is 0.658. The van der Waals surface area contributed by atoms with Gasteiger partial charge in [-0.1, -0.05) is 6.08 Å². The first-order chi connectivity index (χ1) is 7.33. The minimum absolute atomic E-state index is 0.356. The Morgan fingerprint density at radius 3 is 3.20 bits per heavy atom. The SMILES string of the molecule is COCC(O)CNC/C=C/c1ccco1. The van der Waals surface area contributed by atoms with Crippen LogP contribution in [-0.2, 0) is 4.74 Å². The molecule has 0 saturated carbocycles. The Kier molecular flexibility index (Phi) is 5.77. The second-order valence-electron chi connectivity index (χ2n) is 3.19. The summed E-state index contributed by atoms with van der Waals surface area (Å²) in [7, 11) is 1.57. The van der Waals surface area contributed by atoms with E-state index in [4.69, 9.17) is 9.15 Å². The Morgan fingerprint density at radius 1 is 1.67 bits per heavy atom. The molecular weight excluding hydrogens is 194 g/mol. The first kappa shape index (κ1) is 12.0. The molecule has 0 saturated heterocycles. The van der Waals surface area contributed by atoms with Crippen molar-refractivity contribution in [3.8, 4) is 0 Å². The van der Waals surface area contributed by atoms with Gasteiger partial charge in [0.2, 0.25) is 0 Å². The van der Waals surface area contributed by atoms with Gasteiger partial charge in [0.1, 0.15) is 5.76 Å². The number of furan rings is 1. The molecule has 1 aromatic rings. The van der Waals surface area contributed by atoms with Gasteiger partial charge in [0, 0.05) is 20.2 Å². The molecule has 1 aromatic heterocycles. The van der Waals surface area contributed by atoms with Crippen molar-refractivity contribution >= 4 is 6.08 Å². The van der Waals surface area contributed by atoms with Crippen molar-refractivity contribution in [2.24, 2.45) is 0 Å². The molecule has 0 amide bonds. The molecule has 0 aliphatic rings. The Hall–Kier alpha value is -1.10. The Morgan fingerprint density at radius 2 is 2.53 bits per heavy atom. The third-order valence-corrected chi connectivity index (χ3v) is 1.83. The molecule has 0 aliphatic carbocycles. The van der Waals surface area contributed by atoms with Crippen LogP contribution >= 0.6 is 0 Å². The van der Waals surface area contributed by atoms with Crippen molar-refractivity contribution in [3.05, 3.63) is 30.2 Å². The van der Waals surface area contributed by atoms with Crippen molar-refractivity contribution in [2.45, 2.75) is 6.10 Å². The third kappa shape index (κ3) is 5.37. The van der Waals surface area contributed by atoms with E-state index in [1.54, 1.807) is 13.4 Å². The third-order valence-electron chi connectivity index (χ3n) is 1.83. The van der Waals surface area contributed by atoms with E-state index >= 15 is 0 Å². The molecule has 1 atom stereocenters. The van der Waals surface area contributed by atoms with E-state index in [0.717, 1.165) is 5.76 Å². The first-order valence-corrected chi connectivity index (χ1v) is 4.90. The maximum Gasteiger partial charge on any atom is 0.126 e. The highest BCUT2D eigenvalue weighted by molar-refractivity contribution is 5.42. The molecule has 0 fully saturated rings. The summed E-state index contributed by atoms with van der Waals surface area (Å²) in [5.41, 5.74) is 0. The second kappa shape index (κ2) is 7.23. The summed E-state index contributed by atoms with van der Waals surface area (Å²) < 4.78 is 9.91. The lowest BCUT2D eigenvalue weighted by molar-refractivity contribution is 0.0652. The molecule has 0 bridgehead atoms. The average Bonchev–Trinajstić information content (AvgIpc) is 2.70. The summed E-state index contributed by atoms with van der Waals surface area (Å²) in [5, 5.41) is 12.4. The van der Waals surface area contributed by atoms with E-state index in [1.165, 1.54) is 0 Å². The predicted molar refractivity (Wildman–Crippen MR) is 58.5 cm³/mol. The van der Waals surface area contributed by atoms with Crippen molar-refractivity contribution in [1.29, 1.82) is 0 Å². The van der Waals surface area contributed by atoms with Gasteiger partial charge in [-0.3, -0.25) is 0 Å². The normalized spacial score (nSPS) is 13.5. The summed E-state index contributed by atoms with van der Waals surface area (Å²) in [6.45, 7) is 1.58. The van der Waals surface area contributed by atoms with E-state index in [-0.39, 0.29) is 0 Å². The molecule has 84 valence electrons. The van der Waals surface area contributed by atoms with Crippen LogP contribution in [0.5, 0.6) is 0 Å². The first-order valence-electron chi connectivity index (χ1n) is 4.90. The number of hydrogen-bond donors (Lipinski definition) is 2. The van der Waals surface area contributed by atoms with E-state index in [0.29, 0.717) is 19.7 Å². The van der Waals surface area contributed by atoms with Crippen LogP contribution in [0.4, 0.5) is 0 Å². The zero-order valence-corrected chi connectivity index (χ0v) is 8.85. The highest BCUT2D eigenvalue weighted by atomic mass is 16.5. The van der Waals surface area contributed by atoms with Crippen LogP contribution in [-0.4, -0.2) is 38.0 Å². The summed E-state index contributed by atoms with van der Waals surface area (Å²) in [6, 6.07) is 3.73. The number of ether oxygens (including phenoxy) is 1. The Balaban J connectivity index is 2.06. The van der Waals surface area contributed by atoms with Crippen molar-refractivity contribution in [3.63, 3.8) is 0 Å². The molecule has 15 heavy (non-hydrogen) atoms. The smallest absolute Gasteiger partial charge is 0.126 e. The van der Waals surface area contributed by atoms with Gasteiger partial charge in [-0.2, -0.15) is 0 Å². The van der Waals surface area contributed by atoms with Crippen LogP contribution in [0.3, 0.4) is 0 Å². The number of aliphatic hydroxyl groups excluding tert-OH is 1. The minimum Gasteiger partial charge on any atom is -0.465 e. The molecule has 1 rings (SSSR count). The van der Waals surface area contributed by atoms with Crippen LogP contribution in [0.25, 0.3) is 6.08 Å². The molecule has 4 nitrogen and oxygen atoms in total. The largest absolute Gasteiger partial charge is 0.465 e. The maximum absolute atomic E-state index is 9.30. The molecule has 4 heteroatoms. The zero-order chi connectivity index (χ0) is 10.9. The fourth-order valence-electron chi connectivity index (χ4n) is 1.15. The van der Waals surface area contributed by atoms with Gasteiger partial charge in [-0.15, -0.1) is 0 Å². The van der Waals surface area contributed by atoms with E-state index in [2.05, 4.69) is 5.32 Å². The molecule has 0 aromatic carbocycles.